The highest BCUT2D eigenvalue weighted by atomic mass is 16.5. The van der Waals surface area contributed by atoms with Gasteiger partial charge in [0.25, 0.3) is 5.91 Å². The predicted molar refractivity (Wildman–Crippen MR) is 118 cm³/mol. The molecule has 2 aromatic carbocycles. The van der Waals surface area contributed by atoms with Gasteiger partial charge in [-0.05, 0) is 55.8 Å². The third-order valence-corrected chi connectivity index (χ3v) is 5.17. The zero-order valence-corrected chi connectivity index (χ0v) is 17.5. The number of H-pyrrole nitrogens is 1. The van der Waals surface area contributed by atoms with E-state index in [0.29, 0.717) is 24.3 Å². The van der Waals surface area contributed by atoms with Crippen molar-refractivity contribution < 1.29 is 19.1 Å². The third-order valence-electron chi connectivity index (χ3n) is 5.17. The number of amides is 2. The molecular formula is C23H22N4O5. The quantitative estimate of drug-likeness (QED) is 0.579. The third kappa shape index (κ3) is 4.46. The molecule has 2 amide bonds. The molecule has 2 heterocycles. The lowest BCUT2D eigenvalue weighted by atomic mass is 10.2. The van der Waals surface area contributed by atoms with Gasteiger partial charge < -0.3 is 19.9 Å². The van der Waals surface area contributed by atoms with Gasteiger partial charge >= 0.3 is 11.7 Å². The molecule has 0 saturated carbocycles. The van der Waals surface area contributed by atoms with Crippen LogP contribution in [0.1, 0.15) is 28.9 Å². The minimum atomic E-state index is -0.652. The van der Waals surface area contributed by atoms with E-state index < -0.39 is 18.5 Å². The van der Waals surface area contributed by atoms with Gasteiger partial charge in [0.15, 0.2) is 6.61 Å². The van der Waals surface area contributed by atoms with Crippen LogP contribution in [0.15, 0.2) is 59.5 Å². The molecule has 1 aliphatic rings. The highest BCUT2D eigenvalue weighted by Gasteiger charge is 2.22. The smallest absolute Gasteiger partial charge is 0.338 e. The van der Waals surface area contributed by atoms with Crippen LogP contribution in [0.25, 0.3) is 5.69 Å². The monoisotopic (exact) mass is 434 g/mol. The Hall–Kier alpha value is -4.14. The summed E-state index contributed by atoms with van der Waals surface area (Å²) in [7, 11) is 0. The van der Waals surface area contributed by atoms with Crippen molar-refractivity contribution >= 4 is 29.2 Å². The second-order valence-electron chi connectivity index (χ2n) is 7.44. The SMILES string of the molecule is Cc1c[nH]c(=O)n1-c1ccc(C(=O)OCC(=O)Nc2cccc(N3CCCC3=O)c2)cc1. The van der Waals surface area contributed by atoms with E-state index in [4.69, 9.17) is 4.74 Å². The van der Waals surface area contributed by atoms with Crippen molar-refractivity contribution in [2.75, 3.05) is 23.4 Å². The van der Waals surface area contributed by atoms with E-state index in [1.165, 1.54) is 16.7 Å². The number of aryl methyl sites for hydroxylation is 1. The molecule has 0 bridgehead atoms. The Balaban J connectivity index is 1.34. The Morgan fingerprint density at radius 3 is 2.53 bits per heavy atom. The summed E-state index contributed by atoms with van der Waals surface area (Å²) < 4.78 is 6.58. The Morgan fingerprint density at radius 1 is 1.09 bits per heavy atom. The maximum Gasteiger partial charge on any atom is 0.338 e. The summed E-state index contributed by atoms with van der Waals surface area (Å²) in [5.41, 5.74) is 2.57. The Bertz CT molecular complexity index is 1230. The lowest BCUT2D eigenvalue weighted by molar-refractivity contribution is -0.119. The number of hydrogen-bond acceptors (Lipinski definition) is 5. The van der Waals surface area contributed by atoms with Crippen LogP contribution < -0.4 is 15.9 Å². The van der Waals surface area contributed by atoms with E-state index in [0.717, 1.165) is 17.8 Å². The van der Waals surface area contributed by atoms with Crippen LogP contribution in [0.3, 0.4) is 0 Å². The first kappa shape index (κ1) is 21.1. The van der Waals surface area contributed by atoms with E-state index in [1.54, 1.807) is 48.4 Å². The van der Waals surface area contributed by atoms with Crippen molar-refractivity contribution in [1.82, 2.24) is 9.55 Å². The zero-order chi connectivity index (χ0) is 22.7. The molecule has 1 saturated heterocycles. The summed E-state index contributed by atoms with van der Waals surface area (Å²) in [6.45, 7) is 1.99. The molecule has 164 valence electrons. The van der Waals surface area contributed by atoms with Gasteiger partial charge in [-0.1, -0.05) is 6.07 Å². The number of ether oxygens (including phenoxy) is 1. The van der Waals surface area contributed by atoms with Crippen LogP contribution in [0.4, 0.5) is 11.4 Å². The van der Waals surface area contributed by atoms with Gasteiger partial charge in [0.05, 0.1) is 11.3 Å². The number of imidazole rings is 1. The average Bonchev–Trinajstić information content (AvgIpc) is 3.37. The van der Waals surface area contributed by atoms with Gasteiger partial charge in [-0.3, -0.25) is 14.2 Å². The summed E-state index contributed by atoms with van der Waals surface area (Å²) in [6.07, 6.45) is 2.94. The number of carbonyl (C=O) groups excluding carboxylic acids is 3. The van der Waals surface area contributed by atoms with Crippen LogP contribution in [0.2, 0.25) is 0 Å². The van der Waals surface area contributed by atoms with Crippen LogP contribution in [-0.4, -0.2) is 40.5 Å². The fourth-order valence-corrected chi connectivity index (χ4v) is 3.61. The molecule has 32 heavy (non-hydrogen) atoms. The molecule has 4 rings (SSSR count). The largest absolute Gasteiger partial charge is 0.452 e. The van der Waals surface area contributed by atoms with Crippen molar-refractivity contribution in [3.8, 4) is 5.69 Å². The molecule has 9 heteroatoms. The molecule has 0 spiro atoms. The van der Waals surface area contributed by atoms with E-state index in [2.05, 4.69) is 10.3 Å². The molecule has 0 aliphatic carbocycles. The number of anilines is 2. The number of aromatic nitrogens is 2. The van der Waals surface area contributed by atoms with E-state index in [9.17, 15) is 19.2 Å². The number of nitrogens with zero attached hydrogens (tertiary/aromatic N) is 2. The standard InChI is InChI=1S/C23H22N4O5/c1-15-13-24-23(31)27(15)18-9-7-16(8-10-18)22(30)32-14-20(28)25-17-4-2-5-19(12-17)26-11-3-6-21(26)29/h2,4-5,7-10,12-13H,3,6,11,14H2,1H3,(H,24,31)(H,25,28). The number of rotatable bonds is 6. The topological polar surface area (TPSA) is 114 Å². The number of carbonyl (C=O) groups is 3. The van der Waals surface area contributed by atoms with Crippen molar-refractivity contribution in [1.29, 1.82) is 0 Å². The maximum atomic E-state index is 12.3. The summed E-state index contributed by atoms with van der Waals surface area (Å²) in [4.78, 5) is 52.5. The molecular weight excluding hydrogens is 412 g/mol. The molecule has 1 aromatic heterocycles. The van der Waals surface area contributed by atoms with Crippen molar-refractivity contribution in [3.63, 3.8) is 0 Å². The number of hydrogen-bond donors (Lipinski definition) is 2. The van der Waals surface area contributed by atoms with Gasteiger partial charge in [-0.25, -0.2) is 9.59 Å². The first-order valence-electron chi connectivity index (χ1n) is 10.2. The van der Waals surface area contributed by atoms with Gasteiger partial charge in [0.1, 0.15) is 0 Å². The van der Waals surface area contributed by atoms with E-state index >= 15 is 0 Å². The first-order valence-corrected chi connectivity index (χ1v) is 10.2. The molecule has 0 unspecified atom stereocenters. The zero-order valence-electron chi connectivity index (χ0n) is 17.5. The molecule has 3 aromatic rings. The lowest BCUT2D eigenvalue weighted by Gasteiger charge is -2.16. The van der Waals surface area contributed by atoms with Gasteiger partial charge in [0.2, 0.25) is 5.91 Å². The normalized spacial score (nSPS) is 13.3. The summed E-state index contributed by atoms with van der Waals surface area (Å²) in [5, 5.41) is 2.67. The summed E-state index contributed by atoms with van der Waals surface area (Å²) >= 11 is 0. The van der Waals surface area contributed by atoms with Crippen LogP contribution in [-0.2, 0) is 14.3 Å². The minimum Gasteiger partial charge on any atom is -0.452 e. The fraction of sp³-hybridized carbons (Fsp3) is 0.217. The van der Waals surface area contributed by atoms with Crippen molar-refractivity contribution in [3.05, 3.63) is 76.5 Å². The van der Waals surface area contributed by atoms with Gasteiger partial charge in [-0.2, -0.15) is 0 Å². The predicted octanol–water partition coefficient (Wildman–Crippen LogP) is 2.40. The number of aromatic amines is 1. The molecule has 0 radical (unpaired) electrons. The Labute approximate surface area is 183 Å². The molecule has 1 fully saturated rings. The molecule has 9 nitrogen and oxygen atoms in total. The van der Waals surface area contributed by atoms with Crippen LogP contribution in [0.5, 0.6) is 0 Å². The van der Waals surface area contributed by atoms with Crippen molar-refractivity contribution in [2.45, 2.75) is 19.8 Å². The van der Waals surface area contributed by atoms with E-state index in [1.807, 2.05) is 6.07 Å². The highest BCUT2D eigenvalue weighted by Crippen LogP contribution is 2.24. The lowest BCUT2D eigenvalue weighted by Crippen LogP contribution is -2.24. The molecule has 2 N–H and O–H groups in total. The van der Waals surface area contributed by atoms with Crippen LogP contribution >= 0.6 is 0 Å². The Kier molecular flexibility index (Phi) is 5.89. The minimum absolute atomic E-state index is 0.0602. The van der Waals surface area contributed by atoms with Gasteiger partial charge in [0, 0.05) is 36.2 Å². The Morgan fingerprint density at radius 2 is 1.88 bits per heavy atom. The highest BCUT2D eigenvalue weighted by molar-refractivity contribution is 5.98. The second kappa shape index (κ2) is 8.93. The number of nitrogens with one attached hydrogen (secondary N) is 2. The second-order valence-corrected chi connectivity index (χ2v) is 7.44. The molecule has 0 atom stereocenters. The average molecular weight is 434 g/mol. The van der Waals surface area contributed by atoms with Crippen molar-refractivity contribution in [2.24, 2.45) is 0 Å². The number of benzene rings is 2. The maximum absolute atomic E-state index is 12.3. The number of esters is 1. The molecule has 1 aliphatic heterocycles. The van der Waals surface area contributed by atoms with Gasteiger partial charge in [-0.15, -0.1) is 0 Å². The summed E-state index contributed by atoms with van der Waals surface area (Å²) in [6, 6.07) is 13.3. The fourth-order valence-electron chi connectivity index (χ4n) is 3.61. The first-order chi connectivity index (χ1) is 15.4. The summed E-state index contributed by atoms with van der Waals surface area (Å²) in [5.74, 6) is -1.08. The van der Waals surface area contributed by atoms with E-state index in [-0.39, 0.29) is 17.2 Å². The van der Waals surface area contributed by atoms with Crippen LogP contribution in [0, 0.1) is 6.92 Å².